The first kappa shape index (κ1) is 21.0. The van der Waals surface area contributed by atoms with E-state index in [0.29, 0.717) is 5.75 Å². The van der Waals surface area contributed by atoms with Gasteiger partial charge in [-0.2, -0.15) is 13.2 Å². The van der Waals surface area contributed by atoms with Crippen LogP contribution in [-0.2, 0) is 23.9 Å². The lowest BCUT2D eigenvalue weighted by Crippen LogP contribution is -2.18. The van der Waals surface area contributed by atoms with Crippen molar-refractivity contribution in [1.82, 2.24) is 0 Å². The fraction of sp³-hybridized carbons (Fsp3) is 0.316. The number of nitrogens with one attached hydrogen (secondary N) is 1. The maximum absolute atomic E-state index is 13.4. The summed E-state index contributed by atoms with van der Waals surface area (Å²) < 4.78 is 62.6. The molecule has 0 radical (unpaired) electrons. The van der Waals surface area contributed by atoms with Gasteiger partial charge in [-0.15, -0.1) is 0 Å². The summed E-state index contributed by atoms with van der Waals surface area (Å²) >= 11 is 4.76. The molecule has 8 heteroatoms. The Kier molecular flexibility index (Phi) is 7.01. The van der Waals surface area contributed by atoms with Crippen LogP contribution in [0.1, 0.15) is 29.2 Å². The van der Waals surface area contributed by atoms with E-state index in [1.165, 1.54) is 12.1 Å². The van der Waals surface area contributed by atoms with E-state index in [2.05, 4.69) is 10.1 Å². The molecule has 0 saturated heterocycles. The molecule has 0 bridgehead atoms. The number of thiocarbonyl (C=S) groups is 1. The normalized spacial score (nSPS) is 11.2. The fourth-order valence-electron chi connectivity index (χ4n) is 2.56. The molecule has 0 saturated carbocycles. The van der Waals surface area contributed by atoms with Crippen molar-refractivity contribution in [1.29, 1.82) is 0 Å². The quantitative estimate of drug-likeness (QED) is 0.490. The fourth-order valence-corrected chi connectivity index (χ4v) is 2.72. The molecule has 2 aromatic carbocycles. The van der Waals surface area contributed by atoms with Crippen LogP contribution in [0.15, 0.2) is 36.4 Å². The molecule has 0 aliphatic carbocycles. The van der Waals surface area contributed by atoms with Gasteiger partial charge in [-0.3, -0.25) is 0 Å². The molecular weight excluding hydrogens is 382 g/mol. The van der Waals surface area contributed by atoms with Crippen molar-refractivity contribution in [2.75, 3.05) is 12.2 Å². The zero-order valence-corrected chi connectivity index (χ0v) is 15.6. The minimum atomic E-state index is -4.58. The van der Waals surface area contributed by atoms with Gasteiger partial charge in [0.05, 0.1) is 5.56 Å². The summed E-state index contributed by atoms with van der Waals surface area (Å²) in [5.41, 5.74) is 0.967. The van der Waals surface area contributed by atoms with E-state index < -0.39 is 18.6 Å². The SMILES string of the molecule is CCc1ccc(OCc2c(NC(=S)OCF)cccc2C(F)(F)F)c(C)c1. The number of hydrogen-bond donors (Lipinski definition) is 1. The molecule has 0 atom stereocenters. The smallest absolute Gasteiger partial charge is 0.416 e. The Hall–Kier alpha value is -2.35. The lowest BCUT2D eigenvalue weighted by atomic mass is 10.0. The van der Waals surface area contributed by atoms with Crippen LogP contribution in [0.5, 0.6) is 5.75 Å². The van der Waals surface area contributed by atoms with Crippen molar-refractivity contribution < 1.29 is 27.0 Å². The Labute approximate surface area is 160 Å². The first-order valence-corrected chi connectivity index (χ1v) is 8.58. The molecule has 0 aromatic heterocycles. The molecule has 146 valence electrons. The summed E-state index contributed by atoms with van der Waals surface area (Å²) in [4.78, 5) is 0. The van der Waals surface area contributed by atoms with E-state index in [1.54, 1.807) is 6.07 Å². The van der Waals surface area contributed by atoms with E-state index >= 15 is 0 Å². The van der Waals surface area contributed by atoms with Crippen LogP contribution < -0.4 is 10.1 Å². The molecular formula is C19H19F4NO2S. The number of halogens is 4. The first-order valence-electron chi connectivity index (χ1n) is 8.17. The van der Waals surface area contributed by atoms with Gasteiger partial charge >= 0.3 is 6.18 Å². The van der Waals surface area contributed by atoms with Crippen molar-refractivity contribution >= 4 is 23.1 Å². The number of hydrogen-bond acceptors (Lipinski definition) is 3. The van der Waals surface area contributed by atoms with Gasteiger partial charge in [0.25, 0.3) is 5.17 Å². The zero-order chi connectivity index (χ0) is 20.0. The summed E-state index contributed by atoms with van der Waals surface area (Å²) in [7, 11) is 0. The maximum atomic E-state index is 13.4. The first-order chi connectivity index (χ1) is 12.8. The molecule has 0 spiro atoms. The lowest BCUT2D eigenvalue weighted by Gasteiger charge is -2.19. The van der Waals surface area contributed by atoms with Gasteiger partial charge in [-0.05, 0) is 54.9 Å². The van der Waals surface area contributed by atoms with E-state index in [0.717, 1.165) is 23.6 Å². The van der Waals surface area contributed by atoms with Crippen LogP contribution in [-0.4, -0.2) is 12.0 Å². The minimum absolute atomic E-state index is 0.0473. The molecule has 0 aliphatic rings. The molecule has 0 heterocycles. The lowest BCUT2D eigenvalue weighted by molar-refractivity contribution is -0.138. The Bertz CT molecular complexity index is 809. The second kappa shape index (κ2) is 9.03. The van der Waals surface area contributed by atoms with Gasteiger partial charge in [0.15, 0.2) is 0 Å². The second-order valence-electron chi connectivity index (χ2n) is 5.74. The van der Waals surface area contributed by atoms with Crippen LogP contribution >= 0.6 is 12.2 Å². The zero-order valence-electron chi connectivity index (χ0n) is 14.8. The average molecular weight is 401 g/mol. The van der Waals surface area contributed by atoms with Gasteiger partial charge in [0, 0.05) is 11.3 Å². The standard InChI is InChI=1S/C19H19F4NO2S/c1-3-13-7-8-17(12(2)9-13)25-10-14-15(19(21,22)23)5-4-6-16(14)24-18(27)26-11-20/h4-9H,3,10-11H2,1-2H3,(H,24,27). The van der Waals surface area contributed by atoms with Crippen LogP contribution in [0, 0.1) is 6.92 Å². The van der Waals surface area contributed by atoms with Gasteiger partial charge in [0.1, 0.15) is 12.4 Å². The third-order valence-corrected chi connectivity index (χ3v) is 4.14. The molecule has 0 unspecified atom stereocenters. The summed E-state index contributed by atoms with van der Waals surface area (Å²) in [5, 5.41) is 2.12. The number of benzene rings is 2. The molecule has 0 aliphatic heterocycles. The van der Waals surface area contributed by atoms with Crippen LogP contribution in [0.2, 0.25) is 0 Å². The van der Waals surface area contributed by atoms with E-state index in [9.17, 15) is 17.6 Å². The Morgan fingerprint density at radius 1 is 1.19 bits per heavy atom. The van der Waals surface area contributed by atoms with Crippen LogP contribution in [0.25, 0.3) is 0 Å². The molecule has 27 heavy (non-hydrogen) atoms. The average Bonchev–Trinajstić information content (AvgIpc) is 2.60. The second-order valence-corrected chi connectivity index (χ2v) is 6.11. The van der Waals surface area contributed by atoms with Crippen molar-refractivity contribution in [3.63, 3.8) is 0 Å². The van der Waals surface area contributed by atoms with Crippen LogP contribution in [0.4, 0.5) is 23.2 Å². The molecule has 2 rings (SSSR count). The molecule has 0 amide bonds. The van der Waals surface area contributed by atoms with Crippen molar-refractivity contribution in [2.24, 2.45) is 0 Å². The molecule has 3 nitrogen and oxygen atoms in total. The number of anilines is 1. The third kappa shape index (κ3) is 5.56. The predicted molar refractivity (Wildman–Crippen MR) is 99.6 cm³/mol. The topological polar surface area (TPSA) is 30.5 Å². The Morgan fingerprint density at radius 2 is 1.93 bits per heavy atom. The number of rotatable bonds is 6. The number of alkyl halides is 4. The predicted octanol–water partition coefficient (Wildman–Crippen LogP) is 5.80. The van der Waals surface area contributed by atoms with Crippen molar-refractivity contribution in [3.05, 3.63) is 58.7 Å². The monoisotopic (exact) mass is 401 g/mol. The summed E-state index contributed by atoms with van der Waals surface area (Å²) in [6.07, 6.45) is -3.74. The van der Waals surface area contributed by atoms with Crippen molar-refractivity contribution in [3.8, 4) is 5.75 Å². The summed E-state index contributed by atoms with van der Waals surface area (Å²) in [5.74, 6) is 0.484. The highest BCUT2D eigenvalue weighted by molar-refractivity contribution is 7.80. The van der Waals surface area contributed by atoms with E-state index in [4.69, 9.17) is 17.0 Å². The number of ether oxygens (including phenoxy) is 2. The largest absolute Gasteiger partial charge is 0.489 e. The highest BCUT2D eigenvalue weighted by Gasteiger charge is 2.34. The molecule has 2 aromatic rings. The maximum Gasteiger partial charge on any atom is 0.416 e. The van der Waals surface area contributed by atoms with Gasteiger partial charge in [-0.25, -0.2) is 4.39 Å². The van der Waals surface area contributed by atoms with Gasteiger partial charge in [0.2, 0.25) is 6.86 Å². The molecule has 0 fully saturated rings. The third-order valence-electron chi connectivity index (χ3n) is 3.92. The highest BCUT2D eigenvalue weighted by Crippen LogP contribution is 2.36. The number of aryl methyl sites for hydroxylation is 2. The Balaban J connectivity index is 2.33. The summed E-state index contributed by atoms with van der Waals surface area (Å²) in [6.45, 7) is 2.31. The minimum Gasteiger partial charge on any atom is -0.489 e. The van der Waals surface area contributed by atoms with Crippen LogP contribution in [0.3, 0.4) is 0 Å². The molecule has 1 N–H and O–H groups in total. The van der Waals surface area contributed by atoms with Gasteiger partial charge in [-0.1, -0.05) is 25.1 Å². The van der Waals surface area contributed by atoms with E-state index in [-0.39, 0.29) is 23.0 Å². The highest BCUT2D eigenvalue weighted by atomic mass is 32.1. The van der Waals surface area contributed by atoms with Gasteiger partial charge < -0.3 is 14.8 Å². The Morgan fingerprint density at radius 3 is 2.52 bits per heavy atom. The summed E-state index contributed by atoms with van der Waals surface area (Å²) in [6, 6.07) is 9.10. The van der Waals surface area contributed by atoms with Crippen molar-refractivity contribution in [2.45, 2.75) is 33.1 Å². The van der Waals surface area contributed by atoms with E-state index in [1.807, 2.05) is 26.0 Å².